The second-order valence-electron chi connectivity index (χ2n) is 5.65. The lowest BCUT2D eigenvalue weighted by Crippen LogP contribution is -2.62. The molecule has 1 saturated heterocycles. The first kappa shape index (κ1) is 15.1. The van der Waals surface area contributed by atoms with Gasteiger partial charge in [0, 0.05) is 13.1 Å². The van der Waals surface area contributed by atoms with Crippen LogP contribution >= 0.6 is 0 Å². The molecule has 1 aliphatic heterocycles. The largest absolute Gasteiger partial charge is 0.465 e. The molecule has 2 amide bonds. The molecule has 1 atom stereocenters. The predicted octanol–water partition coefficient (Wildman–Crippen LogP) is 2.26. The maximum absolute atomic E-state index is 11.5. The van der Waals surface area contributed by atoms with Crippen molar-refractivity contribution in [1.29, 1.82) is 0 Å². The van der Waals surface area contributed by atoms with Crippen molar-refractivity contribution in [3.8, 4) is 0 Å². The number of hydrogen-bond acceptors (Lipinski definition) is 2. The summed E-state index contributed by atoms with van der Waals surface area (Å²) in [6, 6.07) is 17.4. The van der Waals surface area contributed by atoms with Crippen LogP contribution in [0.1, 0.15) is 16.7 Å². The quantitative estimate of drug-likeness (QED) is 0.832. The highest BCUT2D eigenvalue weighted by molar-refractivity contribution is 5.90. The van der Waals surface area contributed by atoms with Gasteiger partial charge >= 0.3 is 6.09 Å². The minimum absolute atomic E-state index is 0.218. The number of carbonyl (C=O) groups is 2. The minimum Gasteiger partial charge on any atom is -0.465 e. The van der Waals surface area contributed by atoms with E-state index in [0.717, 1.165) is 17.5 Å². The first-order chi connectivity index (χ1) is 11.1. The highest BCUT2D eigenvalue weighted by atomic mass is 16.4. The van der Waals surface area contributed by atoms with Gasteiger partial charge in [-0.15, -0.1) is 0 Å². The number of rotatable bonds is 5. The monoisotopic (exact) mass is 310 g/mol. The zero-order chi connectivity index (χ0) is 16.2. The highest BCUT2D eigenvalue weighted by Gasteiger charge is 2.36. The second kappa shape index (κ2) is 6.52. The average Bonchev–Trinajstić information content (AvgIpc) is 2.54. The van der Waals surface area contributed by atoms with E-state index in [-0.39, 0.29) is 12.5 Å². The maximum Gasteiger partial charge on any atom is 0.408 e. The van der Waals surface area contributed by atoms with Crippen LogP contribution in [0.25, 0.3) is 0 Å². The minimum atomic E-state index is -1.07. The molecule has 0 unspecified atom stereocenters. The summed E-state index contributed by atoms with van der Waals surface area (Å²) in [5, 5.41) is 11.9. The maximum atomic E-state index is 11.5. The molecule has 1 fully saturated rings. The molecule has 118 valence electrons. The van der Waals surface area contributed by atoms with Crippen LogP contribution in [0.4, 0.5) is 4.79 Å². The summed E-state index contributed by atoms with van der Waals surface area (Å²) in [4.78, 5) is 24.1. The van der Waals surface area contributed by atoms with Crippen LogP contribution in [0, 0.1) is 0 Å². The van der Waals surface area contributed by atoms with Crippen molar-refractivity contribution in [3.05, 3.63) is 71.3 Å². The number of β-lactam (4-membered cyclic amide) rings is 1. The molecule has 0 aromatic heterocycles. The van der Waals surface area contributed by atoms with E-state index in [0.29, 0.717) is 6.54 Å². The van der Waals surface area contributed by atoms with Gasteiger partial charge in [-0.2, -0.15) is 0 Å². The number of amides is 2. The molecule has 23 heavy (non-hydrogen) atoms. The van der Waals surface area contributed by atoms with Crippen molar-refractivity contribution in [1.82, 2.24) is 10.2 Å². The van der Waals surface area contributed by atoms with Crippen molar-refractivity contribution >= 4 is 12.0 Å². The van der Waals surface area contributed by atoms with E-state index in [4.69, 9.17) is 0 Å². The topological polar surface area (TPSA) is 69.6 Å². The van der Waals surface area contributed by atoms with E-state index in [2.05, 4.69) is 17.4 Å². The van der Waals surface area contributed by atoms with Crippen LogP contribution in [0.5, 0.6) is 0 Å². The van der Waals surface area contributed by atoms with Gasteiger partial charge in [0.1, 0.15) is 6.04 Å². The molecular formula is C18H18N2O3. The molecule has 5 nitrogen and oxygen atoms in total. The predicted molar refractivity (Wildman–Crippen MR) is 86.1 cm³/mol. The molecule has 1 heterocycles. The standard InChI is InChI=1S/C18H18N2O3/c21-17-16(11-19-17)20(18(22)23)12-15-8-4-7-14(10-15)9-13-5-2-1-3-6-13/h1-8,10,16H,9,11-12H2,(H,19,21)(H,22,23)/t16-/m0/s1. The zero-order valence-corrected chi connectivity index (χ0v) is 12.6. The van der Waals surface area contributed by atoms with Gasteiger partial charge in [0.15, 0.2) is 0 Å². The van der Waals surface area contributed by atoms with Gasteiger partial charge in [0.05, 0.1) is 0 Å². The Morgan fingerprint density at radius 2 is 1.78 bits per heavy atom. The number of nitrogens with zero attached hydrogens (tertiary/aromatic N) is 1. The smallest absolute Gasteiger partial charge is 0.408 e. The van der Waals surface area contributed by atoms with Gasteiger partial charge in [0.25, 0.3) is 0 Å². The second-order valence-corrected chi connectivity index (χ2v) is 5.65. The van der Waals surface area contributed by atoms with Crippen molar-refractivity contribution < 1.29 is 14.7 Å². The van der Waals surface area contributed by atoms with Gasteiger partial charge < -0.3 is 10.4 Å². The summed E-state index contributed by atoms with van der Waals surface area (Å²) < 4.78 is 0. The van der Waals surface area contributed by atoms with E-state index in [9.17, 15) is 14.7 Å². The first-order valence-electron chi connectivity index (χ1n) is 7.52. The number of carbonyl (C=O) groups excluding carboxylic acids is 1. The third kappa shape index (κ3) is 3.51. The molecule has 5 heteroatoms. The fraction of sp³-hybridized carbons (Fsp3) is 0.222. The summed E-state index contributed by atoms with van der Waals surface area (Å²) in [6.45, 7) is 0.602. The Bertz CT molecular complexity index is 715. The van der Waals surface area contributed by atoms with E-state index in [1.165, 1.54) is 10.5 Å². The van der Waals surface area contributed by atoms with E-state index in [1.54, 1.807) is 0 Å². The molecule has 0 spiro atoms. The van der Waals surface area contributed by atoms with E-state index in [1.807, 2.05) is 42.5 Å². The molecule has 3 rings (SSSR count). The molecular weight excluding hydrogens is 292 g/mol. The lowest BCUT2D eigenvalue weighted by atomic mass is 10.0. The van der Waals surface area contributed by atoms with E-state index < -0.39 is 12.1 Å². The lowest BCUT2D eigenvalue weighted by Gasteiger charge is -2.34. The Hall–Kier alpha value is -2.82. The molecule has 0 bridgehead atoms. The fourth-order valence-corrected chi connectivity index (χ4v) is 2.71. The van der Waals surface area contributed by atoms with Crippen LogP contribution in [-0.4, -0.2) is 34.6 Å². The molecule has 0 saturated carbocycles. The fourth-order valence-electron chi connectivity index (χ4n) is 2.71. The Labute approximate surface area is 134 Å². The average molecular weight is 310 g/mol. The molecule has 0 radical (unpaired) electrons. The van der Waals surface area contributed by atoms with Crippen LogP contribution in [0.15, 0.2) is 54.6 Å². The van der Waals surface area contributed by atoms with Crippen LogP contribution in [-0.2, 0) is 17.8 Å². The van der Waals surface area contributed by atoms with Crippen LogP contribution in [0.2, 0.25) is 0 Å². The molecule has 2 N–H and O–H groups in total. The molecule has 2 aromatic rings. The first-order valence-corrected chi connectivity index (χ1v) is 7.52. The third-order valence-corrected chi connectivity index (χ3v) is 3.99. The van der Waals surface area contributed by atoms with Gasteiger partial charge in [0.2, 0.25) is 5.91 Å². The molecule has 2 aromatic carbocycles. The summed E-state index contributed by atoms with van der Waals surface area (Å²) in [7, 11) is 0. The van der Waals surface area contributed by atoms with Crippen molar-refractivity contribution in [3.63, 3.8) is 0 Å². The Balaban J connectivity index is 1.73. The summed E-state index contributed by atoms with van der Waals surface area (Å²) in [6.07, 6.45) is -0.274. The number of hydrogen-bond donors (Lipinski definition) is 2. The normalized spacial score (nSPS) is 16.3. The number of nitrogens with one attached hydrogen (secondary N) is 1. The SMILES string of the molecule is O=C1NC[C@@H]1N(Cc1cccc(Cc2ccccc2)c1)C(=O)O. The number of benzene rings is 2. The van der Waals surface area contributed by atoms with Gasteiger partial charge in [-0.1, -0.05) is 54.6 Å². The Morgan fingerprint density at radius 1 is 1.09 bits per heavy atom. The van der Waals surface area contributed by atoms with Crippen molar-refractivity contribution in [2.45, 2.75) is 19.0 Å². The summed E-state index contributed by atoms with van der Waals surface area (Å²) >= 11 is 0. The van der Waals surface area contributed by atoms with Gasteiger partial charge in [-0.05, 0) is 23.1 Å². The molecule has 1 aliphatic rings. The van der Waals surface area contributed by atoms with Crippen molar-refractivity contribution in [2.24, 2.45) is 0 Å². The summed E-state index contributed by atoms with van der Waals surface area (Å²) in [5.41, 5.74) is 3.22. The van der Waals surface area contributed by atoms with Gasteiger partial charge in [-0.3, -0.25) is 9.69 Å². The summed E-state index contributed by atoms with van der Waals surface area (Å²) in [5.74, 6) is -0.229. The zero-order valence-electron chi connectivity index (χ0n) is 12.6. The van der Waals surface area contributed by atoms with E-state index >= 15 is 0 Å². The Kier molecular flexibility index (Phi) is 4.28. The van der Waals surface area contributed by atoms with Crippen LogP contribution < -0.4 is 5.32 Å². The number of carboxylic acid groups (broad SMARTS) is 1. The lowest BCUT2D eigenvalue weighted by molar-refractivity contribution is -0.132. The third-order valence-electron chi connectivity index (χ3n) is 3.99. The van der Waals surface area contributed by atoms with Crippen molar-refractivity contribution in [2.75, 3.05) is 6.54 Å². The molecule has 0 aliphatic carbocycles. The highest BCUT2D eigenvalue weighted by Crippen LogP contribution is 2.16. The van der Waals surface area contributed by atoms with Gasteiger partial charge in [-0.25, -0.2) is 4.79 Å². The Morgan fingerprint density at radius 3 is 2.39 bits per heavy atom. The van der Waals surface area contributed by atoms with Crippen LogP contribution in [0.3, 0.4) is 0 Å².